The van der Waals surface area contributed by atoms with Gasteiger partial charge in [0.15, 0.2) is 0 Å². The minimum atomic E-state index is -4.59. The van der Waals surface area contributed by atoms with Crippen LogP contribution in [0.15, 0.2) is 29.2 Å². The minimum Gasteiger partial charge on any atom is -0.378 e. The Labute approximate surface area is 120 Å². The quantitative estimate of drug-likeness (QED) is 0.902. The summed E-state index contributed by atoms with van der Waals surface area (Å²) in [6, 6.07) is 3.12. The Morgan fingerprint density at radius 1 is 1.38 bits per heavy atom. The third-order valence-corrected chi connectivity index (χ3v) is 5.16. The smallest absolute Gasteiger partial charge is 0.378 e. The van der Waals surface area contributed by atoms with Gasteiger partial charge in [-0.05, 0) is 18.2 Å². The van der Waals surface area contributed by atoms with Gasteiger partial charge >= 0.3 is 6.18 Å². The zero-order valence-corrected chi connectivity index (χ0v) is 11.8. The van der Waals surface area contributed by atoms with Gasteiger partial charge < -0.3 is 10.5 Å². The lowest BCUT2D eigenvalue weighted by Gasteiger charge is -2.33. The van der Waals surface area contributed by atoms with Crippen LogP contribution in [0.5, 0.6) is 0 Å². The highest BCUT2D eigenvalue weighted by Gasteiger charge is 2.36. The van der Waals surface area contributed by atoms with Crippen LogP contribution in [-0.4, -0.2) is 45.1 Å². The topological polar surface area (TPSA) is 72.6 Å². The molecule has 1 unspecified atom stereocenters. The van der Waals surface area contributed by atoms with Gasteiger partial charge in [0.25, 0.3) is 0 Å². The summed E-state index contributed by atoms with van der Waals surface area (Å²) >= 11 is 0. The summed E-state index contributed by atoms with van der Waals surface area (Å²) in [6.07, 6.45) is -4.59. The van der Waals surface area contributed by atoms with Crippen molar-refractivity contribution in [1.82, 2.24) is 4.31 Å². The molecule has 0 spiro atoms. The molecule has 1 atom stereocenters. The van der Waals surface area contributed by atoms with Crippen LogP contribution in [0.2, 0.25) is 0 Å². The molecule has 1 aromatic carbocycles. The van der Waals surface area contributed by atoms with Crippen molar-refractivity contribution in [3.05, 3.63) is 29.8 Å². The van der Waals surface area contributed by atoms with E-state index < -0.39 is 32.7 Å². The predicted octanol–water partition coefficient (Wildman–Crippen LogP) is 1.05. The number of nitrogens with two attached hydrogens (primary N) is 1. The minimum absolute atomic E-state index is 0.0399. The molecule has 0 bridgehead atoms. The van der Waals surface area contributed by atoms with Crippen molar-refractivity contribution < 1.29 is 26.3 Å². The number of halogens is 3. The Morgan fingerprint density at radius 2 is 2.10 bits per heavy atom. The highest BCUT2D eigenvalue weighted by atomic mass is 32.2. The number of rotatable bonds is 3. The molecule has 1 fully saturated rings. The zero-order valence-electron chi connectivity index (χ0n) is 11.0. The second kappa shape index (κ2) is 5.91. The number of sulfonamides is 1. The predicted molar refractivity (Wildman–Crippen MR) is 69.0 cm³/mol. The number of hydrogen-bond acceptors (Lipinski definition) is 4. The van der Waals surface area contributed by atoms with Crippen LogP contribution >= 0.6 is 0 Å². The van der Waals surface area contributed by atoms with E-state index >= 15 is 0 Å². The van der Waals surface area contributed by atoms with Crippen molar-refractivity contribution in [1.29, 1.82) is 0 Å². The van der Waals surface area contributed by atoms with E-state index in [1.54, 1.807) is 0 Å². The third-order valence-electron chi connectivity index (χ3n) is 3.21. The molecule has 1 heterocycles. The molecule has 21 heavy (non-hydrogen) atoms. The van der Waals surface area contributed by atoms with Crippen LogP contribution < -0.4 is 5.73 Å². The molecule has 1 aromatic rings. The van der Waals surface area contributed by atoms with E-state index in [4.69, 9.17) is 10.5 Å². The van der Waals surface area contributed by atoms with Crippen molar-refractivity contribution >= 4 is 10.0 Å². The van der Waals surface area contributed by atoms with Crippen molar-refractivity contribution in [2.45, 2.75) is 17.1 Å². The Balaban J connectivity index is 2.39. The summed E-state index contributed by atoms with van der Waals surface area (Å²) in [4.78, 5) is -0.391. The molecule has 1 aliphatic heterocycles. The lowest BCUT2D eigenvalue weighted by molar-refractivity contribution is -0.137. The Kier molecular flexibility index (Phi) is 4.57. The first-order valence-electron chi connectivity index (χ1n) is 6.23. The maximum absolute atomic E-state index is 12.7. The lowest BCUT2D eigenvalue weighted by atomic mass is 10.2. The molecule has 118 valence electrons. The van der Waals surface area contributed by atoms with Gasteiger partial charge in [-0.3, -0.25) is 0 Å². The lowest BCUT2D eigenvalue weighted by Crippen LogP contribution is -2.51. The summed E-state index contributed by atoms with van der Waals surface area (Å²) in [5.41, 5.74) is 4.50. The fourth-order valence-electron chi connectivity index (χ4n) is 2.11. The van der Waals surface area contributed by atoms with E-state index in [9.17, 15) is 21.6 Å². The molecular weight excluding hydrogens is 309 g/mol. The van der Waals surface area contributed by atoms with E-state index in [2.05, 4.69) is 0 Å². The van der Waals surface area contributed by atoms with E-state index in [0.29, 0.717) is 6.07 Å². The number of alkyl halides is 3. The van der Waals surface area contributed by atoms with Gasteiger partial charge in [0.1, 0.15) is 0 Å². The van der Waals surface area contributed by atoms with Crippen LogP contribution in [-0.2, 0) is 20.9 Å². The van der Waals surface area contributed by atoms with E-state index in [1.807, 2.05) is 0 Å². The average molecular weight is 324 g/mol. The van der Waals surface area contributed by atoms with E-state index in [1.165, 1.54) is 0 Å². The van der Waals surface area contributed by atoms with Gasteiger partial charge in [0.05, 0.1) is 29.7 Å². The van der Waals surface area contributed by atoms with Crippen LogP contribution in [0.4, 0.5) is 13.2 Å². The molecule has 0 radical (unpaired) electrons. The van der Waals surface area contributed by atoms with Crippen LogP contribution in [0, 0.1) is 0 Å². The third kappa shape index (κ3) is 3.37. The second-order valence-electron chi connectivity index (χ2n) is 4.61. The van der Waals surface area contributed by atoms with Crippen molar-refractivity contribution in [2.75, 3.05) is 26.3 Å². The highest BCUT2D eigenvalue weighted by molar-refractivity contribution is 7.89. The summed E-state index contributed by atoms with van der Waals surface area (Å²) in [5.74, 6) is 0. The molecule has 0 saturated carbocycles. The molecule has 9 heteroatoms. The van der Waals surface area contributed by atoms with Crippen LogP contribution in [0.25, 0.3) is 0 Å². The summed E-state index contributed by atoms with van der Waals surface area (Å²) in [6.45, 7) is 0.433. The van der Waals surface area contributed by atoms with E-state index in [0.717, 1.165) is 22.5 Å². The molecule has 0 aromatic heterocycles. The van der Waals surface area contributed by atoms with Crippen molar-refractivity contribution in [3.8, 4) is 0 Å². The summed E-state index contributed by atoms with van der Waals surface area (Å²) in [5, 5.41) is 0. The Hall–Kier alpha value is -1.16. The SMILES string of the molecule is NCC1COCCN1S(=O)(=O)c1cccc(C(F)(F)F)c1. The highest BCUT2D eigenvalue weighted by Crippen LogP contribution is 2.31. The Bertz CT molecular complexity index is 604. The standard InChI is InChI=1S/C12H15F3N2O3S/c13-12(14,15)9-2-1-3-11(6-9)21(18,19)17-4-5-20-8-10(17)7-16/h1-3,6,10H,4-5,7-8,16H2. The summed E-state index contributed by atoms with van der Waals surface area (Å²) < 4.78 is 69.3. The molecular formula is C12H15F3N2O3S. The number of ether oxygens (including phenoxy) is 1. The molecule has 1 aliphatic rings. The first-order valence-corrected chi connectivity index (χ1v) is 7.67. The monoisotopic (exact) mass is 324 g/mol. The molecule has 2 N–H and O–H groups in total. The normalized spacial score (nSPS) is 21.4. The second-order valence-corrected chi connectivity index (χ2v) is 6.50. The fraction of sp³-hybridized carbons (Fsp3) is 0.500. The average Bonchev–Trinajstić information content (AvgIpc) is 2.46. The van der Waals surface area contributed by atoms with Gasteiger partial charge in [-0.25, -0.2) is 8.42 Å². The van der Waals surface area contributed by atoms with Gasteiger partial charge in [0.2, 0.25) is 10.0 Å². The molecule has 0 aliphatic carbocycles. The largest absolute Gasteiger partial charge is 0.416 e. The molecule has 5 nitrogen and oxygen atoms in total. The van der Waals surface area contributed by atoms with Crippen LogP contribution in [0.1, 0.15) is 5.56 Å². The molecule has 2 rings (SSSR count). The maximum atomic E-state index is 12.7. The zero-order chi connectivity index (χ0) is 15.7. The van der Waals surface area contributed by atoms with Crippen molar-refractivity contribution in [3.63, 3.8) is 0 Å². The van der Waals surface area contributed by atoms with Crippen molar-refractivity contribution in [2.24, 2.45) is 5.73 Å². The molecule has 1 saturated heterocycles. The summed E-state index contributed by atoms with van der Waals surface area (Å²) in [7, 11) is -4.03. The van der Waals surface area contributed by atoms with Gasteiger partial charge in [-0.15, -0.1) is 0 Å². The Morgan fingerprint density at radius 3 is 2.71 bits per heavy atom. The maximum Gasteiger partial charge on any atom is 0.416 e. The van der Waals surface area contributed by atoms with Gasteiger partial charge in [-0.1, -0.05) is 6.07 Å². The van der Waals surface area contributed by atoms with Gasteiger partial charge in [0, 0.05) is 13.1 Å². The first-order chi connectivity index (χ1) is 9.76. The number of morpholine rings is 1. The fourth-order valence-corrected chi connectivity index (χ4v) is 3.76. The first kappa shape index (κ1) is 16.2. The van der Waals surface area contributed by atoms with Crippen LogP contribution in [0.3, 0.4) is 0 Å². The number of nitrogens with zero attached hydrogens (tertiary/aromatic N) is 1. The molecule has 0 amide bonds. The number of hydrogen-bond donors (Lipinski definition) is 1. The van der Waals surface area contributed by atoms with Gasteiger partial charge in [-0.2, -0.15) is 17.5 Å². The van der Waals surface area contributed by atoms with E-state index in [-0.39, 0.29) is 26.3 Å². The number of benzene rings is 1.